The van der Waals surface area contributed by atoms with Gasteiger partial charge in [-0.25, -0.2) is 15.0 Å². The van der Waals surface area contributed by atoms with Crippen LogP contribution in [-0.4, -0.2) is 76.1 Å². The predicted octanol–water partition coefficient (Wildman–Crippen LogP) is 3.44. The van der Waals surface area contributed by atoms with Gasteiger partial charge in [-0.2, -0.15) is 0 Å². The Morgan fingerprint density at radius 3 is 2.42 bits per heavy atom. The van der Waals surface area contributed by atoms with Crippen molar-refractivity contribution in [3.05, 3.63) is 84.4 Å². The van der Waals surface area contributed by atoms with Crippen LogP contribution in [-0.2, 0) is 4.74 Å². The van der Waals surface area contributed by atoms with Crippen molar-refractivity contribution in [3.8, 4) is 0 Å². The molecular weight excluding hydrogens is 574 g/mol. The fraction of sp³-hybridized carbons (Fsp3) is 0.265. The highest BCUT2D eigenvalue weighted by molar-refractivity contribution is 6.34. The Balaban J connectivity index is 1.27. The number of ether oxygens (including phenoxy) is 1. The molecule has 1 fully saturated rings. The highest BCUT2D eigenvalue weighted by Gasteiger charge is 2.43. The van der Waals surface area contributed by atoms with Gasteiger partial charge in [0.15, 0.2) is 17.0 Å². The van der Waals surface area contributed by atoms with E-state index in [1.165, 1.54) is 6.33 Å². The van der Waals surface area contributed by atoms with Crippen LogP contribution in [0.2, 0.25) is 0 Å². The molecule has 6 N–H and O–H groups in total. The van der Waals surface area contributed by atoms with Crippen LogP contribution in [0.5, 0.6) is 0 Å². The van der Waals surface area contributed by atoms with Gasteiger partial charge in [0.25, 0.3) is 0 Å². The largest absolute Gasteiger partial charge is 0.394 e. The number of aliphatic hydroxyl groups is 5. The van der Waals surface area contributed by atoms with Crippen molar-refractivity contribution < 1.29 is 30.3 Å². The minimum atomic E-state index is -1.46. The molecular formula is C34H29N5O6. The molecule has 11 nitrogen and oxygen atoms in total. The normalized spacial score (nSPS) is 26.9. The first kappa shape index (κ1) is 26.9. The molecule has 7 aromatic rings. The second-order valence-electron chi connectivity index (χ2n) is 12.1. The number of aliphatic hydroxyl groups excluding tert-OH is 5. The first-order valence-corrected chi connectivity index (χ1v) is 15.0. The van der Waals surface area contributed by atoms with E-state index in [9.17, 15) is 25.5 Å². The summed E-state index contributed by atoms with van der Waals surface area (Å²) in [7, 11) is 0. The molecule has 1 saturated heterocycles. The molecule has 2 aromatic heterocycles. The first-order valence-electron chi connectivity index (χ1n) is 15.0. The molecule has 0 bridgehead atoms. The van der Waals surface area contributed by atoms with Crippen molar-refractivity contribution in [1.82, 2.24) is 19.5 Å². The monoisotopic (exact) mass is 603 g/mol. The summed E-state index contributed by atoms with van der Waals surface area (Å²) in [6.45, 7) is -0.309. The maximum absolute atomic E-state index is 11.6. The average Bonchev–Trinajstić information content (AvgIpc) is 3.68. The Morgan fingerprint density at radius 1 is 0.822 bits per heavy atom. The van der Waals surface area contributed by atoms with E-state index in [0.717, 1.165) is 43.1 Å². The van der Waals surface area contributed by atoms with E-state index >= 15 is 0 Å². The van der Waals surface area contributed by atoms with E-state index in [1.54, 1.807) is 10.9 Å². The SMILES string of the molecule is OC[C@H]1O[C@@H](n2cnc3c(N[C@@H]4c5c(cc6ccc7cccc8c9ccccc9c5c6c78)[C@@H](O)[C@H](O)[C@@H]4O)ncnc32)C[C@@H]1O. The highest BCUT2D eigenvalue weighted by atomic mass is 16.5. The second-order valence-corrected chi connectivity index (χ2v) is 12.1. The third-order valence-electron chi connectivity index (χ3n) is 9.70. The Bertz CT molecular complexity index is 2270. The van der Waals surface area contributed by atoms with Crippen molar-refractivity contribution in [2.75, 3.05) is 11.9 Å². The zero-order chi connectivity index (χ0) is 30.6. The number of nitrogens with one attached hydrogen (secondary N) is 1. The van der Waals surface area contributed by atoms with E-state index < -0.39 is 42.8 Å². The number of anilines is 1. The molecule has 1 aliphatic carbocycles. The van der Waals surface area contributed by atoms with Crippen molar-refractivity contribution in [1.29, 1.82) is 0 Å². The highest BCUT2D eigenvalue weighted by Crippen LogP contribution is 2.49. The molecule has 7 atom stereocenters. The van der Waals surface area contributed by atoms with Crippen LogP contribution in [0.3, 0.4) is 0 Å². The summed E-state index contributed by atoms with van der Waals surface area (Å²) < 4.78 is 7.53. The Hall–Kier alpha value is -4.49. The molecule has 0 radical (unpaired) electrons. The fourth-order valence-corrected chi connectivity index (χ4v) is 7.59. The fourth-order valence-electron chi connectivity index (χ4n) is 7.59. The van der Waals surface area contributed by atoms with Crippen LogP contribution in [0.25, 0.3) is 54.3 Å². The lowest BCUT2D eigenvalue weighted by Gasteiger charge is -2.39. The molecule has 226 valence electrons. The zero-order valence-electron chi connectivity index (χ0n) is 23.8. The summed E-state index contributed by atoms with van der Waals surface area (Å²) >= 11 is 0. The minimum Gasteiger partial charge on any atom is -0.394 e. The van der Waals surface area contributed by atoms with Crippen molar-refractivity contribution in [2.24, 2.45) is 0 Å². The van der Waals surface area contributed by atoms with Gasteiger partial charge >= 0.3 is 0 Å². The second kappa shape index (κ2) is 9.75. The summed E-state index contributed by atoms with van der Waals surface area (Å²) in [5.74, 6) is 0.324. The number of rotatable bonds is 4. The minimum absolute atomic E-state index is 0.258. The van der Waals surface area contributed by atoms with Crippen LogP contribution in [0, 0.1) is 0 Å². The van der Waals surface area contributed by atoms with Crippen LogP contribution >= 0.6 is 0 Å². The molecule has 0 unspecified atom stereocenters. The molecule has 5 aromatic carbocycles. The van der Waals surface area contributed by atoms with Crippen LogP contribution < -0.4 is 5.32 Å². The molecule has 9 rings (SSSR count). The van der Waals surface area contributed by atoms with E-state index in [0.29, 0.717) is 28.1 Å². The number of imidazole rings is 1. The van der Waals surface area contributed by atoms with Gasteiger partial charge in [-0.15, -0.1) is 0 Å². The lowest BCUT2D eigenvalue weighted by molar-refractivity contribution is -0.0766. The van der Waals surface area contributed by atoms with E-state index in [2.05, 4.69) is 56.7 Å². The predicted molar refractivity (Wildman–Crippen MR) is 168 cm³/mol. The van der Waals surface area contributed by atoms with Crippen LogP contribution in [0.1, 0.15) is 35.9 Å². The Morgan fingerprint density at radius 2 is 1.60 bits per heavy atom. The number of fused-ring (bicyclic) bond motifs is 6. The van der Waals surface area contributed by atoms with Crippen molar-refractivity contribution in [3.63, 3.8) is 0 Å². The summed E-state index contributed by atoms with van der Waals surface area (Å²) in [6.07, 6.45) is -3.12. The van der Waals surface area contributed by atoms with Gasteiger partial charge in [-0.05, 0) is 60.3 Å². The van der Waals surface area contributed by atoms with Gasteiger partial charge in [0.2, 0.25) is 0 Å². The molecule has 2 aliphatic rings. The lowest BCUT2D eigenvalue weighted by atomic mass is 9.76. The van der Waals surface area contributed by atoms with Gasteiger partial charge < -0.3 is 35.6 Å². The van der Waals surface area contributed by atoms with Gasteiger partial charge in [0.05, 0.1) is 25.1 Å². The molecule has 0 spiro atoms. The van der Waals surface area contributed by atoms with Gasteiger partial charge in [0, 0.05) is 6.42 Å². The van der Waals surface area contributed by atoms with Gasteiger partial charge in [0.1, 0.15) is 37.0 Å². The van der Waals surface area contributed by atoms with Gasteiger partial charge in [-0.3, -0.25) is 4.57 Å². The molecule has 11 heteroatoms. The topological polar surface area (TPSA) is 166 Å². The molecule has 45 heavy (non-hydrogen) atoms. The third-order valence-corrected chi connectivity index (χ3v) is 9.70. The van der Waals surface area contributed by atoms with Crippen LogP contribution in [0.15, 0.2) is 73.3 Å². The van der Waals surface area contributed by atoms with Crippen LogP contribution in [0.4, 0.5) is 5.82 Å². The first-order chi connectivity index (χ1) is 21.9. The molecule has 3 heterocycles. The summed E-state index contributed by atoms with van der Waals surface area (Å²) in [5.41, 5.74) is 2.05. The number of nitrogens with zero attached hydrogens (tertiary/aromatic N) is 4. The third kappa shape index (κ3) is 3.70. The number of hydrogen-bond donors (Lipinski definition) is 6. The number of aromatic nitrogens is 4. The maximum Gasteiger partial charge on any atom is 0.167 e. The Labute approximate surface area is 255 Å². The Kier molecular flexibility index (Phi) is 5.82. The average molecular weight is 604 g/mol. The summed E-state index contributed by atoms with van der Waals surface area (Å²) in [5, 5.41) is 65.5. The number of benzene rings is 5. The van der Waals surface area contributed by atoms with Crippen molar-refractivity contribution in [2.45, 2.75) is 49.2 Å². The van der Waals surface area contributed by atoms with E-state index in [-0.39, 0.29) is 13.0 Å². The molecule has 1 aliphatic heterocycles. The molecule has 0 saturated carbocycles. The quantitative estimate of drug-likeness (QED) is 0.130. The lowest BCUT2D eigenvalue weighted by Crippen LogP contribution is -2.44. The van der Waals surface area contributed by atoms with Gasteiger partial charge in [-0.1, -0.05) is 54.6 Å². The number of hydrogen-bond acceptors (Lipinski definition) is 10. The maximum atomic E-state index is 11.6. The summed E-state index contributed by atoms with van der Waals surface area (Å²) in [6, 6.07) is 19.5. The standard InChI is InChI=1S/C34H29N5O6/c40-12-22-21(41)11-23(45-22)39-14-37-29-33(35-13-36-34(29)39)38-28-27-20(30(42)32(44)31(28)43)10-16-9-8-15-4-3-7-18-17-5-1-2-6-19(17)26(27)25(16)24(15)18/h1-10,13-14,21-23,28,30-32,40-44H,11-12H2,(H,35,36,38)/t21-,22+,23+,28+,30+,31+,32-/m0/s1. The van der Waals surface area contributed by atoms with E-state index in [4.69, 9.17) is 4.74 Å². The molecule has 0 amide bonds. The van der Waals surface area contributed by atoms with Crippen molar-refractivity contribution >= 4 is 60.1 Å². The smallest absolute Gasteiger partial charge is 0.167 e. The van der Waals surface area contributed by atoms with E-state index in [1.807, 2.05) is 24.3 Å². The summed E-state index contributed by atoms with van der Waals surface area (Å²) in [4.78, 5) is 13.5. The zero-order valence-corrected chi connectivity index (χ0v) is 23.8.